The van der Waals surface area contributed by atoms with Gasteiger partial charge in [-0.2, -0.15) is 9.97 Å². The van der Waals surface area contributed by atoms with Crippen molar-refractivity contribution in [3.63, 3.8) is 0 Å². The van der Waals surface area contributed by atoms with Gasteiger partial charge in [0.15, 0.2) is 5.82 Å². The van der Waals surface area contributed by atoms with Gasteiger partial charge in [-0.25, -0.2) is 4.98 Å². The third-order valence-electron chi connectivity index (χ3n) is 3.81. The van der Waals surface area contributed by atoms with Gasteiger partial charge < -0.3 is 10.5 Å². The van der Waals surface area contributed by atoms with Crippen molar-refractivity contribution < 1.29 is 4.74 Å². The van der Waals surface area contributed by atoms with Crippen LogP contribution in [0.25, 0.3) is 0 Å². The summed E-state index contributed by atoms with van der Waals surface area (Å²) in [6, 6.07) is 0. The summed E-state index contributed by atoms with van der Waals surface area (Å²) >= 11 is 0. The van der Waals surface area contributed by atoms with Gasteiger partial charge >= 0.3 is 0 Å². The molecule has 0 aliphatic heterocycles. The molecule has 0 saturated heterocycles. The van der Waals surface area contributed by atoms with Gasteiger partial charge in [0.1, 0.15) is 11.4 Å². The van der Waals surface area contributed by atoms with Crippen molar-refractivity contribution in [2.75, 3.05) is 12.3 Å². The van der Waals surface area contributed by atoms with Crippen molar-refractivity contribution in [3.8, 4) is 0 Å². The zero-order chi connectivity index (χ0) is 14.8. The maximum Gasteiger partial charge on any atom is 0.223 e. The van der Waals surface area contributed by atoms with Crippen LogP contribution in [0.3, 0.4) is 0 Å². The van der Waals surface area contributed by atoms with Crippen molar-refractivity contribution in [2.45, 2.75) is 70.8 Å². The molecule has 2 N–H and O–H groups in total. The molecule has 5 nitrogen and oxygen atoms in total. The van der Waals surface area contributed by atoms with Gasteiger partial charge in [0.05, 0.1) is 0 Å². The Morgan fingerprint density at radius 1 is 1.10 bits per heavy atom. The highest BCUT2D eigenvalue weighted by Crippen LogP contribution is 2.39. The first-order valence-corrected chi connectivity index (χ1v) is 7.54. The lowest BCUT2D eigenvalue weighted by atomic mass is 9.83. The van der Waals surface area contributed by atoms with E-state index in [4.69, 9.17) is 15.5 Å². The largest absolute Gasteiger partial charge is 0.368 e. The number of ether oxygens (including phenoxy) is 1. The highest BCUT2D eigenvalue weighted by atomic mass is 16.5. The SMILES string of the molecule is CCOC1(c2nc(N)nc(C(C)(C)C)n2)CCCCC1. The van der Waals surface area contributed by atoms with Crippen LogP contribution in [0.4, 0.5) is 5.95 Å². The fraction of sp³-hybridized carbons (Fsp3) is 0.800. The second kappa shape index (κ2) is 5.64. The molecule has 0 radical (unpaired) electrons. The zero-order valence-electron chi connectivity index (χ0n) is 13.1. The van der Waals surface area contributed by atoms with Crippen molar-refractivity contribution in [1.29, 1.82) is 0 Å². The lowest BCUT2D eigenvalue weighted by Gasteiger charge is -2.36. The Kier molecular flexibility index (Phi) is 4.28. The first-order chi connectivity index (χ1) is 9.37. The van der Waals surface area contributed by atoms with Crippen LogP contribution in [0.15, 0.2) is 0 Å². The first-order valence-electron chi connectivity index (χ1n) is 7.54. The number of nitrogen functional groups attached to an aromatic ring is 1. The summed E-state index contributed by atoms with van der Waals surface area (Å²) in [6.07, 6.45) is 5.48. The third-order valence-corrected chi connectivity index (χ3v) is 3.81. The Balaban J connectivity index is 2.45. The Labute approximate surface area is 121 Å². The summed E-state index contributed by atoms with van der Waals surface area (Å²) in [5.74, 6) is 1.76. The van der Waals surface area contributed by atoms with E-state index in [1.807, 2.05) is 6.92 Å². The van der Waals surface area contributed by atoms with Gasteiger partial charge in [0.2, 0.25) is 5.95 Å². The Morgan fingerprint density at radius 2 is 1.75 bits per heavy atom. The quantitative estimate of drug-likeness (QED) is 0.920. The molecule has 1 fully saturated rings. The van der Waals surface area contributed by atoms with Crippen LogP contribution in [0.2, 0.25) is 0 Å². The van der Waals surface area contributed by atoms with Crippen molar-refractivity contribution in [2.24, 2.45) is 0 Å². The van der Waals surface area contributed by atoms with E-state index in [1.54, 1.807) is 0 Å². The molecule has 2 rings (SSSR count). The molecule has 20 heavy (non-hydrogen) atoms. The van der Waals surface area contributed by atoms with Crippen LogP contribution in [0.1, 0.15) is 71.4 Å². The Hall–Kier alpha value is -1.23. The molecule has 0 amide bonds. The van der Waals surface area contributed by atoms with E-state index in [2.05, 4.69) is 30.7 Å². The summed E-state index contributed by atoms with van der Waals surface area (Å²) in [5, 5.41) is 0. The van der Waals surface area contributed by atoms with E-state index >= 15 is 0 Å². The predicted octanol–water partition coefficient (Wildman–Crippen LogP) is 2.95. The molecule has 1 heterocycles. The van der Waals surface area contributed by atoms with E-state index in [0.29, 0.717) is 12.6 Å². The molecule has 0 aromatic carbocycles. The summed E-state index contributed by atoms with van der Waals surface area (Å²) in [5.41, 5.74) is 5.38. The van der Waals surface area contributed by atoms with Gasteiger partial charge in [-0.3, -0.25) is 0 Å². The van der Waals surface area contributed by atoms with Gasteiger partial charge in [-0.1, -0.05) is 40.0 Å². The third kappa shape index (κ3) is 3.08. The number of hydrogen-bond donors (Lipinski definition) is 1. The summed E-state index contributed by atoms with van der Waals surface area (Å²) in [7, 11) is 0. The summed E-state index contributed by atoms with van der Waals surface area (Å²) in [4.78, 5) is 13.4. The van der Waals surface area contributed by atoms with Crippen LogP contribution >= 0.6 is 0 Å². The van der Waals surface area contributed by atoms with E-state index in [-0.39, 0.29) is 11.0 Å². The normalized spacial score (nSPS) is 19.0. The maximum absolute atomic E-state index is 6.07. The molecule has 0 bridgehead atoms. The molecule has 0 spiro atoms. The van der Waals surface area contributed by atoms with Crippen LogP contribution in [0.5, 0.6) is 0 Å². The molecule has 1 aliphatic rings. The molecule has 1 aromatic rings. The molecule has 1 aliphatic carbocycles. The number of anilines is 1. The van der Waals surface area contributed by atoms with Crippen LogP contribution in [0, 0.1) is 0 Å². The highest BCUT2D eigenvalue weighted by Gasteiger charge is 2.38. The zero-order valence-corrected chi connectivity index (χ0v) is 13.1. The molecular formula is C15H26N4O. The molecule has 1 aromatic heterocycles. The van der Waals surface area contributed by atoms with Gasteiger partial charge in [-0.15, -0.1) is 0 Å². The topological polar surface area (TPSA) is 73.9 Å². The number of rotatable bonds is 3. The van der Waals surface area contributed by atoms with Crippen molar-refractivity contribution in [1.82, 2.24) is 15.0 Å². The Morgan fingerprint density at radius 3 is 2.30 bits per heavy atom. The smallest absolute Gasteiger partial charge is 0.223 e. The van der Waals surface area contributed by atoms with E-state index < -0.39 is 0 Å². The number of nitrogens with zero attached hydrogens (tertiary/aromatic N) is 3. The van der Waals surface area contributed by atoms with Crippen LogP contribution in [-0.2, 0) is 15.8 Å². The lowest BCUT2D eigenvalue weighted by molar-refractivity contribution is -0.0769. The van der Waals surface area contributed by atoms with Crippen LogP contribution in [-0.4, -0.2) is 21.6 Å². The fourth-order valence-electron chi connectivity index (χ4n) is 2.76. The van der Waals surface area contributed by atoms with E-state index in [9.17, 15) is 0 Å². The van der Waals surface area contributed by atoms with Crippen molar-refractivity contribution >= 4 is 5.95 Å². The number of aromatic nitrogens is 3. The molecule has 0 unspecified atom stereocenters. The minimum absolute atomic E-state index is 0.145. The molecule has 0 atom stereocenters. The lowest BCUT2D eigenvalue weighted by Crippen LogP contribution is -2.36. The molecular weight excluding hydrogens is 252 g/mol. The second-order valence-electron chi connectivity index (χ2n) is 6.58. The minimum Gasteiger partial charge on any atom is -0.368 e. The standard InChI is InChI=1S/C15H26N4O/c1-5-20-15(9-7-6-8-10-15)12-17-11(14(2,3)4)18-13(16)19-12/h5-10H2,1-4H3,(H2,16,17,18,19). The van der Waals surface area contributed by atoms with Crippen LogP contribution < -0.4 is 5.73 Å². The summed E-state index contributed by atoms with van der Waals surface area (Å²) in [6.45, 7) is 8.93. The van der Waals surface area contributed by atoms with Gasteiger partial charge in [-0.05, 0) is 19.8 Å². The maximum atomic E-state index is 6.07. The van der Waals surface area contributed by atoms with E-state index in [0.717, 1.165) is 37.3 Å². The average Bonchev–Trinajstić information content (AvgIpc) is 2.38. The average molecular weight is 278 g/mol. The van der Waals surface area contributed by atoms with Gasteiger partial charge in [0.25, 0.3) is 0 Å². The van der Waals surface area contributed by atoms with Crippen molar-refractivity contribution in [3.05, 3.63) is 11.6 Å². The predicted molar refractivity (Wildman–Crippen MR) is 79.3 cm³/mol. The fourth-order valence-corrected chi connectivity index (χ4v) is 2.76. The highest BCUT2D eigenvalue weighted by molar-refractivity contribution is 5.22. The Bertz CT molecular complexity index is 456. The first kappa shape index (κ1) is 15.2. The monoisotopic (exact) mass is 278 g/mol. The van der Waals surface area contributed by atoms with E-state index in [1.165, 1.54) is 6.42 Å². The number of hydrogen-bond acceptors (Lipinski definition) is 5. The summed E-state index contributed by atoms with van der Waals surface area (Å²) < 4.78 is 6.07. The molecule has 1 saturated carbocycles. The minimum atomic E-state index is -0.371. The van der Waals surface area contributed by atoms with Gasteiger partial charge in [0, 0.05) is 12.0 Å². The second-order valence-corrected chi connectivity index (χ2v) is 6.58. The molecule has 112 valence electrons. The molecule has 5 heteroatoms. The number of nitrogens with two attached hydrogens (primary N) is 1.